The molecule has 3 rings (SSSR count). The molecule has 0 unspecified atom stereocenters. The fraction of sp³-hybridized carbons (Fsp3) is 0.118. The summed E-state index contributed by atoms with van der Waals surface area (Å²) in [6.07, 6.45) is 0. The number of primary amides is 1. The van der Waals surface area contributed by atoms with Crippen molar-refractivity contribution in [2.24, 2.45) is 5.73 Å². The predicted octanol–water partition coefficient (Wildman–Crippen LogP) is 3.68. The van der Waals surface area contributed by atoms with E-state index in [-0.39, 0.29) is 22.8 Å². The smallest absolute Gasteiger partial charge is 0.293 e. The second-order valence-electron chi connectivity index (χ2n) is 5.24. The Kier molecular flexibility index (Phi) is 5.38. The summed E-state index contributed by atoms with van der Waals surface area (Å²) >= 11 is 2.51. The van der Waals surface area contributed by atoms with Crippen LogP contribution in [0.3, 0.4) is 0 Å². The lowest BCUT2D eigenvalue weighted by molar-refractivity contribution is -0.115. The number of amides is 2. The summed E-state index contributed by atoms with van der Waals surface area (Å²) in [5.74, 6) is -0.901. The van der Waals surface area contributed by atoms with Crippen molar-refractivity contribution in [1.82, 2.24) is 4.98 Å². The maximum absolute atomic E-state index is 13.8. The minimum absolute atomic E-state index is 0.0439. The third kappa shape index (κ3) is 4.12. The van der Waals surface area contributed by atoms with Gasteiger partial charge in [0.1, 0.15) is 11.6 Å². The van der Waals surface area contributed by atoms with E-state index in [2.05, 4.69) is 10.3 Å². The molecule has 26 heavy (non-hydrogen) atoms. The van der Waals surface area contributed by atoms with Crippen molar-refractivity contribution in [1.29, 1.82) is 0 Å². The first kappa shape index (κ1) is 18.2. The molecule has 0 aliphatic heterocycles. The number of nitrogens with one attached hydrogen (secondary N) is 1. The van der Waals surface area contributed by atoms with E-state index in [9.17, 15) is 14.0 Å². The minimum atomic E-state index is -0.493. The number of carbonyl (C=O) groups excluding carboxylic acids is 2. The van der Waals surface area contributed by atoms with E-state index in [0.29, 0.717) is 10.8 Å². The van der Waals surface area contributed by atoms with E-state index in [1.54, 1.807) is 25.1 Å². The fourth-order valence-electron chi connectivity index (χ4n) is 2.13. The van der Waals surface area contributed by atoms with Crippen LogP contribution in [0, 0.1) is 12.7 Å². The van der Waals surface area contributed by atoms with Gasteiger partial charge in [0.15, 0.2) is 10.9 Å². The summed E-state index contributed by atoms with van der Waals surface area (Å²) in [6, 6.07) is 9.16. The summed E-state index contributed by atoms with van der Waals surface area (Å²) in [5.41, 5.74) is 6.11. The number of furan rings is 1. The van der Waals surface area contributed by atoms with Crippen molar-refractivity contribution in [2.75, 3.05) is 11.1 Å². The Morgan fingerprint density at radius 3 is 2.81 bits per heavy atom. The normalized spacial score (nSPS) is 10.7. The molecular formula is C17H14FN3O3S2. The average Bonchev–Trinajstić information content (AvgIpc) is 3.20. The maximum atomic E-state index is 13.8. The first-order valence-corrected chi connectivity index (χ1v) is 9.29. The monoisotopic (exact) mass is 391 g/mol. The molecule has 0 spiro atoms. The third-order valence-electron chi connectivity index (χ3n) is 3.29. The van der Waals surface area contributed by atoms with E-state index in [4.69, 9.17) is 10.2 Å². The van der Waals surface area contributed by atoms with Crippen molar-refractivity contribution >= 4 is 40.0 Å². The van der Waals surface area contributed by atoms with Gasteiger partial charge in [-0.25, -0.2) is 9.37 Å². The number of carbonyl (C=O) groups is 2. The standard InChI is InChI=1S/C17H14FN3O3S2/c1-9-16(25-8-14(19)22)26-17(20-9)21-15(23)13-7-6-12(24-13)10-4-2-3-5-11(10)18/h2-7H,8H2,1H3,(H2,19,22)(H,20,21,23). The van der Waals surface area contributed by atoms with Gasteiger partial charge in [0.05, 0.1) is 21.2 Å². The number of aromatic nitrogens is 1. The summed E-state index contributed by atoms with van der Waals surface area (Å²) in [6.45, 7) is 1.78. The summed E-state index contributed by atoms with van der Waals surface area (Å²) in [4.78, 5) is 27.4. The van der Waals surface area contributed by atoms with Gasteiger partial charge in [0, 0.05) is 0 Å². The van der Waals surface area contributed by atoms with Crippen LogP contribution in [-0.2, 0) is 4.79 Å². The van der Waals surface area contributed by atoms with Gasteiger partial charge in [0.2, 0.25) is 5.91 Å². The van der Waals surface area contributed by atoms with Crippen LogP contribution in [-0.4, -0.2) is 22.6 Å². The Labute approximate surface area is 156 Å². The molecule has 0 atom stereocenters. The van der Waals surface area contributed by atoms with Crippen molar-refractivity contribution in [3.05, 3.63) is 53.7 Å². The van der Waals surface area contributed by atoms with E-state index >= 15 is 0 Å². The SMILES string of the molecule is Cc1nc(NC(=O)c2ccc(-c3ccccc3F)o2)sc1SCC(N)=O. The molecule has 3 N–H and O–H groups in total. The maximum Gasteiger partial charge on any atom is 0.293 e. The van der Waals surface area contributed by atoms with E-state index in [1.165, 1.54) is 41.3 Å². The van der Waals surface area contributed by atoms with Crippen LogP contribution in [0.15, 0.2) is 45.0 Å². The lowest BCUT2D eigenvalue weighted by atomic mass is 10.1. The lowest BCUT2D eigenvalue weighted by Crippen LogP contribution is -2.12. The second kappa shape index (κ2) is 7.71. The highest BCUT2D eigenvalue weighted by Gasteiger charge is 2.17. The molecule has 2 heterocycles. The van der Waals surface area contributed by atoms with Gasteiger partial charge in [-0.3, -0.25) is 14.9 Å². The molecule has 2 amide bonds. The first-order chi connectivity index (χ1) is 12.4. The quantitative estimate of drug-likeness (QED) is 0.625. The van der Waals surface area contributed by atoms with Gasteiger partial charge in [-0.1, -0.05) is 23.5 Å². The molecule has 3 aromatic rings. The molecule has 2 aromatic heterocycles. The Bertz CT molecular complexity index is 968. The highest BCUT2D eigenvalue weighted by atomic mass is 32.2. The molecule has 6 nitrogen and oxygen atoms in total. The zero-order valence-electron chi connectivity index (χ0n) is 13.6. The number of rotatable bonds is 6. The number of benzene rings is 1. The molecule has 0 aliphatic carbocycles. The van der Waals surface area contributed by atoms with Gasteiger partial charge in [-0.2, -0.15) is 0 Å². The molecule has 134 valence electrons. The van der Waals surface area contributed by atoms with Crippen molar-refractivity contribution in [3.63, 3.8) is 0 Å². The van der Waals surface area contributed by atoms with Crippen LogP contribution in [0.4, 0.5) is 9.52 Å². The van der Waals surface area contributed by atoms with E-state index < -0.39 is 17.6 Å². The molecule has 0 bridgehead atoms. The molecule has 1 aromatic carbocycles. The minimum Gasteiger partial charge on any atom is -0.451 e. The number of nitrogens with zero attached hydrogens (tertiary/aromatic N) is 1. The number of thiazole rings is 1. The van der Waals surface area contributed by atoms with Crippen LogP contribution in [0.1, 0.15) is 16.2 Å². The molecule has 9 heteroatoms. The van der Waals surface area contributed by atoms with Gasteiger partial charge in [-0.05, 0) is 31.2 Å². The van der Waals surface area contributed by atoms with Gasteiger partial charge < -0.3 is 10.2 Å². The average molecular weight is 391 g/mol. The first-order valence-electron chi connectivity index (χ1n) is 7.48. The zero-order chi connectivity index (χ0) is 18.7. The second-order valence-corrected chi connectivity index (χ2v) is 7.49. The zero-order valence-corrected chi connectivity index (χ0v) is 15.2. The highest BCUT2D eigenvalue weighted by molar-refractivity contribution is 8.01. The fourth-order valence-corrected chi connectivity index (χ4v) is 4.00. The number of thioether (sulfide) groups is 1. The Hall–Kier alpha value is -2.65. The molecular weight excluding hydrogens is 377 g/mol. The summed E-state index contributed by atoms with van der Waals surface area (Å²) in [7, 11) is 0. The predicted molar refractivity (Wildman–Crippen MR) is 98.8 cm³/mol. The highest BCUT2D eigenvalue weighted by Crippen LogP contribution is 2.32. The van der Waals surface area contributed by atoms with Crippen LogP contribution >= 0.6 is 23.1 Å². The van der Waals surface area contributed by atoms with Crippen LogP contribution in [0.25, 0.3) is 11.3 Å². The van der Waals surface area contributed by atoms with E-state index in [0.717, 1.165) is 4.21 Å². The summed E-state index contributed by atoms with van der Waals surface area (Å²) in [5, 5.41) is 3.02. The molecule has 0 fully saturated rings. The number of aryl methyl sites for hydroxylation is 1. The number of halogens is 1. The Morgan fingerprint density at radius 2 is 2.08 bits per heavy atom. The molecule has 0 aliphatic rings. The molecule has 0 saturated heterocycles. The van der Waals surface area contributed by atoms with Crippen molar-refractivity contribution < 1.29 is 18.4 Å². The van der Waals surface area contributed by atoms with E-state index in [1.807, 2.05) is 0 Å². The van der Waals surface area contributed by atoms with Crippen molar-refractivity contribution in [2.45, 2.75) is 11.1 Å². The Balaban J connectivity index is 1.72. The largest absolute Gasteiger partial charge is 0.451 e. The summed E-state index contributed by atoms with van der Waals surface area (Å²) < 4.78 is 20.1. The third-order valence-corrected chi connectivity index (χ3v) is 5.75. The van der Waals surface area contributed by atoms with Crippen LogP contribution in [0.2, 0.25) is 0 Å². The number of nitrogens with two attached hydrogens (primary N) is 1. The number of hydrogen-bond donors (Lipinski definition) is 2. The molecule has 0 radical (unpaired) electrons. The topological polar surface area (TPSA) is 98.2 Å². The van der Waals surface area contributed by atoms with Crippen LogP contribution < -0.4 is 11.1 Å². The molecule has 0 saturated carbocycles. The lowest BCUT2D eigenvalue weighted by Gasteiger charge is -2.00. The number of hydrogen-bond acceptors (Lipinski definition) is 6. The number of anilines is 1. The van der Waals surface area contributed by atoms with Gasteiger partial charge in [0.25, 0.3) is 5.91 Å². The van der Waals surface area contributed by atoms with Gasteiger partial charge >= 0.3 is 0 Å². The van der Waals surface area contributed by atoms with Gasteiger partial charge in [-0.15, -0.1) is 11.8 Å². The Morgan fingerprint density at radius 1 is 1.31 bits per heavy atom. The van der Waals surface area contributed by atoms with Crippen molar-refractivity contribution in [3.8, 4) is 11.3 Å². The van der Waals surface area contributed by atoms with Crippen LogP contribution in [0.5, 0.6) is 0 Å².